The summed E-state index contributed by atoms with van der Waals surface area (Å²) in [6, 6.07) is 6.81. The van der Waals surface area contributed by atoms with Gasteiger partial charge in [-0.15, -0.1) is 24.0 Å². The van der Waals surface area contributed by atoms with E-state index in [0.29, 0.717) is 6.54 Å². The number of anilines is 1. The summed E-state index contributed by atoms with van der Waals surface area (Å²) < 4.78 is 18.1. The number of aliphatic imine (C=N–C) groups is 1. The zero-order valence-electron chi connectivity index (χ0n) is 18.7. The van der Waals surface area contributed by atoms with Gasteiger partial charge in [0, 0.05) is 50.7 Å². The van der Waals surface area contributed by atoms with Gasteiger partial charge in [0.25, 0.3) is 0 Å². The largest absolute Gasteiger partial charge is 0.357 e. The van der Waals surface area contributed by atoms with Gasteiger partial charge in [0.2, 0.25) is 5.13 Å². The molecular formula is C21H33FIN7S. The van der Waals surface area contributed by atoms with Crippen LogP contribution >= 0.6 is 35.5 Å². The quantitative estimate of drug-likeness (QED) is 0.318. The van der Waals surface area contributed by atoms with Crippen LogP contribution in [0.2, 0.25) is 0 Å². The predicted octanol–water partition coefficient (Wildman–Crippen LogP) is 3.25. The molecular weight excluding hydrogens is 528 g/mol. The van der Waals surface area contributed by atoms with Crippen molar-refractivity contribution < 1.29 is 4.39 Å². The minimum Gasteiger partial charge on any atom is -0.357 e. The number of aryl methyl sites for hydroxylation is 1. The van der Waals surface area contributed by atoms with Crippen LogP contribution in [-0.2, 0) is 6.42 Å². The number of benzene rings is 1. The van der Waals surface area contributed by atoms with E-state index < -0.39 is 0 Å². The summed E-state index contributed by atoms with van der Waals surface area (Å²) in [4.78, 5) is 16.2. The zero-order valence-corrected chi connectivity index (χ0v) is 21.9. The average Bonchev–Trinajstić information content (AvgIpc) is 3.22. The number of rotatable bonds is 7. The highest BCUT2D eigenvalue weighted by molar-refractivity contribution is 14.0. The SMILES string of the molecule is CCNC(=NCC(c1cccc(F)c1)N(C)C)N1CCN(c2nc(CC)ns2)CC1.I. The fourth-order valence-corrected chi connectivity index (χ4v) is 4.31. The van der Waals surface area contributed by atoms with Crippen LogP contribution in [-0.4, -0.2) is 78.5 Å². The molecule has 1 aliphatic rings. The minimum atomic E-state index is -0.214. The lowest BCUT2D eigenvalue weighted by molar-refractivity contribution is 0.303. The van der Waals surface area contributed by atoms with E-state index in [1.807, 2.05) is 20.2 Å². The van der Waals surface area contributed by atoms with Crippen LogP contribution in [0.3, 0.4) is 0 Å². The summed E-state index contributed by atoms with van der Waals surface area (Å²) in [5.74, 6) is 1.61. The Morgan fingerprint density at radius 1 is 1.26 bits per heavy atom. The molecule has 0 radical (unpaired) electrons. The third-order valence-electron chi connectivity index (χ3n) is 5.23. The van der Waals surface area contributed by atoms with Gasteiger partial charge in [0.15, 0.2) is 5.96 Å². The van der Waals surface area contributed by atoms with Gasteiger partial charge in [-0.2, -0.15) is 4.37 Å². The summed E-state index contributed by atoms with van der Waals surface area (Å²) >= 11 is 1.48. The van der Waals surface area contributed by atoms with E-state index in [-0.39, 0.29) is 35.8 Å². The topological polar surface area (TPSA) is 59.9 Å². The fourth-order valence-electron chi connectivity index (χ4n) is 3.51. The van der Waals surface area contributed by atoms with Crippen LogP contribution in [0.15, 0.2) is 29.3 Å². The van der Waals surface area contributed by atoms with Crippen molar-refractivity contribution in [3.63, 3.8) is 0 Å². The minimum absolute atomic E-state index is 0. The number of hydrogen-bond acceptors (Lipinski definition) is 6. The number of nitrogens with zero attached hydrogens (tertiary/aromatic N) is 6. The summed E-state index contributed by atoms with van der Waals surface area (Å²) in [7, 11) is 4.01. The maximum atomic E-state index is 13.7. The number of guanidine groups is 1. The third-order valence-corrected chi connectivity index (χ3v) is 6.04. The van der Waals surface area contributed by atoms with Crippen molar-refractivity contribution in [2.75, 3.05) is 58.3 Å². The normalized spacial score (nSPS) is 15.7. The van der Waals surface area contributed by atoms with E-state index in [4.69, 9.17) is 4.99 Å². The van der Waals surface area contributed by atoms with Gasteiger partial charge in [-0.05, 0) is 38.7 Å². The maximum absolute atomic E-state index is 13.7. The van der Waals surface area contributed by atoms with Gasteiger partial charge in [0.1, 0.15) is 11.6 Å². The Morgan fingerprint density at radius 2 is 2.00 bits per heavy atom. The number of hydrogen-bond donors (Lipinski definition) is 1. The van der Waals surface area contributed by atoms with Crippen molar-refractivity contribution in [2.24, 2.45) is 4.99 Å². The molecule has 1 aromatic heterocycles. The zero-order chi connectivity index (χ0) is 21.5. The standard InChI is InChI=1S/C21H32FN7S.HI/c1-5-19-25-21(30-26-19)29-12-10-28(11-13-29)20(23-6-2)24-15-18(27(3)4)16-8-7-9-17(22)14-16;/h7-9,14,18H,5-6,10-13,15H2,1-4H3,(H,23,24);1H. The summed E-state index contributed by atoms with van der Waals surface area (Å²) in [6.07, 6.45) is 0.867. The fraction of sp³-hybridized carbons (Fsp3) is 0.571. The lowest BCUT2D eigenvalue weighted by Crippen LogP contribution is -2.52. The Bertz CT molecular complexity index is 837. The molecule has 0 amide bonds. The van der Waals surface area contributed by atoms with Gasteiger partial charge in [-0.25, -0.2) is 9.37 Å². The molecule has 0 saturated carbocycles. The van der Waals surface area contributed by atoms with E-state index in [0.717, 1.165) is 61.6 Å². The molecule has 0 aliphatic carbocycles. The summed E-state index contributed by atoms with van der Waals surface area (Å²) in [5.41, 5.74) is 0.937. The first kappa shape index (κ1) is 25.7. The van der Waals surface area contributed by atoms with Crippen LogP contribution in [0.4, 0.5) is 9.52 Å². The van der Waals surface area contributed by atoms with Crippen molar-refractivity contribution in [1.82, 2.24) is 24.5 Å². The van der Waals surface area contributed by atoms with Crippen LogP contribution in [0.5, 0.6) is 0 Å². The highest BCUT2D eigenvalue weighted by Gasteiger charge is 2.23. The molecule has 1 atom stereocenters. The Labute approximate surface area is 205 Å². The molecule has 31 heavy (non-hydrogen) atoms. The second-order valence-corrected chi connectivity index (χ2v) is 8.28. The smallest absolute Gasteiger partial charge is 0.205 e. The van der Waals surface area contributed by atoms with E-state index in [9.17, 15) is 4.39 Å². The Hall–Kier alpha value is -1.53. The second-order valence-electron chi connectivity index (χ2n) is 7.55. The lowest BCUT2D eigenvalue weighted by atomic mass is 10.1. The van der Waals surface area contributed by atoms with Crippen molar-refractivity contribution in [2.45, 2.75) is 26.3 Å². The van der Waals surface area contributed by atoms with Crippen molar-refractivity contribution in [3.05, 3.63) is 41.5 Å². The van der Waals surface area contributed by atoms with Gasteiger partial charge in [-0.3, -0.25) is 4.99 Å². The summed E-state index contributed by atoms with van der Waals surface area (Å²) in [5, 5.41) is 4.42. The first-order valence-electron chi connectivity index (χ1n) is 10.5. The molecule has 1 fully saturated rings. The average molecular weight is 562 g/mol. The lowest BCUT2D eigenvalue weighted by Gasteiger charge is -2.36. The van der Waals surface area contributed by atoms with Crippen molar-refractivity contribution in [1.29, 1.82) is 0 Å². The van der Waals surface area contributed by atoms with E-state index in [1.165, 1.54) is 17.6 Å². The van der Waals surface area contributed by atoms with Gasteiger partial charge in [0.05, 0.1) is 12.6 Å². The van der Waals surface area contributed by atoms with Gasteiger partial charge < -0.3 is 20.0 Å². The van der Waals surface area contributed by atoms with E-state index >= 15 is 0 Å². The molecule has 2 heterocycles. The molecule has 1 aliphatic heterocycles. The molecule has 0 spiro atoms. The van der Waals surface area contributed by atoms with Gasteiger partial charge >= 0.3 is 0 Å². The van der Waals surface area contributed by atoms with Crippen molar-refractivity contribution >= 4 is 46.6 Å². The molecule has 1 aromatic carbocycles. The predicted molar refractivity (Wildman–Crippen MR) is 137 cm³/mol. The molecule has 2 aromatic rings. The summed E-state index contributed by atoms with van der Waals surface area (Å²) in [6.45, 7) is 9.06. The molecule has 1 saturated heterocycles. The number of aromatic nitrogens is 2. The number of nitrogens with one attached hydrogen (secondary N) is 1. The highest BCUT2D eigenvalue weighted by Crippen LogP contribution is 2.21. The van der Waals surface area contributed by atoms with Crippen LogP contribution in [0.25, 0.3) is 0 Å². The number of halogens is 2. The Kier molecular flexibility index (Phi) is 10.4. The van der Waals surface area contributed by atoms with Gasteiger partial charge in [-0.1, -0.05) is 19.1 Å². The van der Waals surface area contributed by atoms with Crippen LogP contribution in [0.1, 0.15) is 31.3 Å². The molecule has 3 rings (SSSR count). The Balaban J connectivity index is 0.00000341. The first-order chi connectivity index (χ1) is 14.5. The molecule has 172 valence electrons. The molecule has 7 nitrogen and oxygen atoms in total. The third kappa shape index (κ3) is 6.98. The van der Waals surface area contributed by atoms with Crippen LogP contribution in [0, 0.1) is 5.82 Å². The Morgan fingerprint density at radius 3 is 2.58 bits per heavy atom. The molecule has 0 bridgehead atoms. The maximum Gasteiger partial charge on any atom is 0.205 e. The monoisotopic (exact) mass is 561 g/mol. The van der Waals surface area contributed by atoms with E-state index in [1.54, 1.807) is 12.1 Å². The second kappa shape index (κ2) is 12.5. The number of likely N-dealkylation sites (N-methyl/N-ethyl adjacent to an activating group) is 1. The highest BCUT2D eigenvalue weighted by atomic mass is 127. The van der Waals surface area contributed by atoms with Crippen LogP contribution < -0.4 is 10.2 Å². The molecule has 10 heteroatoms. The molecule has 1 unspecified atom stereocenters. The van der Waals surface area contributed by atoms with Crippen molar-refractivity contribution in [3.8, 4) is 0 Å². The van der Waals surface area contributed by atoms with E-state index in [2.05, 4.69) is 43.2 Å². The number of piperazine rings is 1. The first-order valence-corrected chi connectivity index (χ1v) is 11.3. The molecule has 1 N–H and O–H groups in total.